The third-order valence-electron chi connectivity index (χ3n) is 2.51. The molecule has 8 heteroatoms. The fourth-order valence-corrected chi connectivity index (χ4v) is 3.87. The predicted octanol–water partition coefficient (Wildman–Crippen LogP) is 0.646. The predicted molar refractivity (Wildman–Crippen MR) is 79.8 cm³/mol. The Bertz CT molecular complexity index is 552. The summed E-state index contributed by atoms with van der Waals surface area (Å²) < 4.78 is 26.7. The molecule has 1 aromatic heterocycles. The van der Waals surface area contributed by atoms with Crippen LogP contribution in [-0.2, 0) is 21.4 Å². The zero-order valence-corrected chi connectivity index (χ0v) is 13.5. The molecule has 0 saturated carbocycles. The fraction of sp³-hybridized carbons (Fsp3) is 0.583. The Morgan fingerprint density at radius 1 is 1.35 bits per heavy atom. The average Bonchev–Trinajstić information content (AvgIpc) is 2.84. The minimum Gasteiger partial charge on any atom is -0.354 e. The van der Waals surface area contributed by atoms with Crippen LogP contribution in [0.25, 0.3) is 0 Å². The van der Waals surface area contributed by atoms with Crippen molar-refractivity contribution in [2.45, 2.75) is 37.6 Å². The normalized spacial score (nSPS) is 13.4. The summed E-state index contributed by atoms with van der Waals surface area (Å²) in [6, 6.07) is 2.35. The van der Waals surface area contributed by atoms with Gasteiger partial charge in [0.15, 0.2) is 0 Å². The van der Waals surface area contributed by atoms with Crippen molar-refractivity contribution in [2.24, 2.45) is 11.7 Å². The fourth-order valence-electron chi connectivity index (χ4n) is 1.41. The highest BCUT2D eigenvalue weighted by Crippen LogP contribution is 2.21. The van der Waals surface area contributed by atoms with E-state index in [1.807, 2.05) is 13.8 Å². The van der Waals surface area contributed by atoms with Crippen LogP contribution in [0, 0.1) is 5.92 Å². The summed E-state index contributed by atoms with van der Waals surface area (Å²) in [7, 11) is -3.68. The van der Waals surface area contributed by atoms with Crippen molar-refractivity contribution in [1.29, 1.82) is 0 Å². The standard InChI is InChI=1S/C12H21N3O3S2/c1-8(2)7-14-12(16)9(3)15-20(17,18)11-5-4-10(6-13)19-11/h4-5,8-9,15H,6-7,13H2,1-3H3,(H,14,16). The lowest BCUT2D eigenvalue weighted by molar-refractivity contribution is -0.122. The summed E-state index contributed by atoms with van der Waals surface area (Å²) in [5.41, 5.74) is 5.45. The number of nitrogens with one attached hydrogen (secondary N) is 2. The van der Waals surface area contributed by atoms with Crippen molar-refractivity contribution >= 4 is 27.3 Å². The number of carbonyl (C=O) groups is 1. The summed E-state index contributed by atoms with van der Waals surface area (Å²) in [6.45, 7) is 6.26. The van der Waals surface area contributed by atoms with Gasteiger partial charge < -0.3 is 11.1 Å². The molecule has 0 bridgehead atoms. The van der Waals surface area contributed by atoms with Crippen LogP contribution in [0.4, 0.5) is 0 Å². The average molecular weight is 319 g/mol. The van der Waals surface area contributed by atoms with Gasteiger partial charge in [0, 0.05) is 18.0 Å². The van der Waals surface area contributed by atoms with E-state index in [9.17, 15) is 13.2 Å². The molecule has 0 aliphatic heterocycles. The van der Waals surface area contributed by atoms with Crippen molar-refractivity contribution in [3.8, 4) is 0 Å². The van der Waals surface area contributed by atoms with Crippen molar-refractivity contribution < 1.29 is 13.2 Å². The largest absolute Gasteiger partial charge is 0.354 e. The van der Waals surface area contributed by atoms with Gasteiger partial charge in [0.05, 0.1) is 6.04 Å². The first-order valence-electron chi connectivity index (χ1n) is 6.35. The molecule has 1 unspecified atom stereocenters. The Balaban J connectivity index is 2.68. The molecule has 1 atom stereocenters. The van der Waals surface area contributed by atoms with Crippen LogP contribution in [0.3, 0.4) is 0 Å². The lowest BCUT2D eigenvalue weighted by Crippen LogP contribution is -2.45. The van der Waals surface area contributed by atoms with E-state index in [1.54, 1.807) is 6.07 Å². The second-order valence-electron chi connectivity index (χ2n) is 4.91. The van der Waals surface area contributed by atoms with E-state index in [0.29, 0.717) is 19.0 Å². The number of carbonyl (C=O) groups excluding carboxylic acids is 1. The summed E-state index contributed by atoms with van der Waals surface area (Å²) in [6.07, 6.45) is 0. The van der Waals surface area contributed by atoms with E-state index in [4.69, 9.17) is 5.73 Å². The molecule has 114 valence electrons. The molecule has 0 saturated heterocycles. The number of sulfonamides is 1. The smallest absolute Gasteiger partial charge is 0.250 e. The van der Waals surface area contributed by atoms with Gasteiger partial charge in [0.2, 0.25) is 5.91 Å². The SMILES string of the molecule is CC(C)CNC(=O)C(C)NS(=O)(=O)c1ccc(CN)s1. The molecule has 1 heterocycles. The zero-order valence-electron chi connectivity index (χ0n) is 11.8. The maximum atomic E-state index is 12.1. The van der Waals surface area contributed by atoms with Crippen molar-refractivity contribution in [3.63, 3.8) is 0 Å². The number of hydrogen-bond donors (Lipinski definition) is 3. The molecule has 1 aromatic rings. The highest BCUT2D eigenvalue weighted by atomic mass is 32.2. The third kappa shape index (κ3) is 4.86. The van der Waals surface area contributed by atoms with Gasteiger partial charge in [-0.05, 0) is 25.0 Å². The molecule has 0 aromatic carbocycles. The Morgan fingerprint density at radius 2 is 2.00 bits per heavy atom. The van der Waals surface area contributed by atoms with Crippen LogP contribution in [0.1, 0.15) is 25.6 Å². The third-order valence-corrected chi connectivity index (χ3v) is 5.65. The van der Waals surface area contributed by atoms with Crippen LogP contribution in [0.2, 0.25) is 0 Å². The van der Waals surface area contributed by atoms with Crippen LogP contribution < -0.4 is 15.8 Å². The monoisotopic (exact) mass is 319 g/mol. The maximum Gasteiger partial charge on any atom is 0.250 e. The minimum absolute atomic E-state index is 0.168. The summed E-state index contributed by atoms with van der Waals surface area (Å²) >= 11 is 1.10. The van der Waals surface area contributed by atoms with Crippen molar-refractivity contribution in [3.05, 3.63) is 17.0 Å². The van der Waals surface area contributed by atoms with Gasteiger partial charge in [-0.15, -0.1) is 11.3 Å². The molecule has 1 amide bonds. The van der Waals surface area contributed by atoms with Gasteiger partial charge in [-0.1, -0.05) is 13.8 Å². The number of hydrogen-bond acceptors (Lipinski definition) is 5. The number of amides is 1. The van der Waals surface area contributed by atoms with Crippen LogP contribution in [-0.4, -0.2) is 26.9 Å². The lowest BCUT2D eigenvalue weighted by Gasteiger charge is -2.14. The molecule has 0 fully saturated rings. The van der Waals surface area contributed by atoms with E-state index in [0.717, 1.165) is 16.2 Å². The molecule has 20 heavy (non-hydrogen) atoms. The van der Waals surface area contributed by atoms with Gasteiger partial charge in [0.25, 0.3) is 10.0 Å². The van der Waals surface area contributed by atoms with E-state index in [2.05, 4.69) is 10.0 Å². The second-order valence-corrected chi connectivity index (χ2v) is 8.02. The van der Waals surface area contributed by atoms with E-state index < -0.39 is 16.1 Å². The molecule has 0 aliphatic carbocycles. The first kappa shape index (κ1) is 17.1. The topological polar surface area (TPSA) is 101 Å². The minimum atomic E-state index is -3.68. The van der Waals surface area contributed by atoms with Crippen LogP contribution in [0.5, 0.6) is 0 Å². The highest BCUT2D eigenvalue weighted by molar-refractivity contribution is 7.91. The lowest BCUT2D eigenvalue weighted by atomic mass is 10.2. The van der Waals surface area contributed by atoms with Crippen LogP contribution >= 0.6 is 11.3 Å². The Labute approximate surface area is 123 Å². The molecule has 0 aliphatic rings. The molecular weight excluding hydrogens is 298 g/mol. The molecular formula is C12H21N3O3S2. The second kappa shape index (κ2) is 7.16. The molecule has 6 nitrogen and oxygen atoms in total. The highest BCUT2D eigenvalue weighted by Gasteiger charge is 2.23. The summed E-state index contributed by atoms with van der Waals surface area (Å²) in [5.74, 6) is -0.0231. The number of nitrogens with two attached hydrogens (primary N) is 1. The van der Waals surface area contributed by atoms with Crippen molar-refractivity contribution in [1.82, 2.24) is 10.0 Å². The molecule has 0 spiro atoms. The molecule has 0 radical (unpaired) electrons. The van der Waals surface area contributed by atoms with E-state index >= 15 is 0 Å². The summed E-state index contributed by atoms with van der Waals surface area (Å²) in [4.78, 5) is 12.5. The van der Waals surface area contributed by atoms with Crippen LogP contribution in [0.15, 0.2) is 16.3 Å². The van der Waals surface area contributed by atoms with E-state index in [-0.39, 0.29) is 10.1 Å². The van der Waals surface area contributed by atoms with Gasteiger partial charge in [-0.3, -0.25) is 4.79 Å². The quantitative estimate of drug-likeness (QED) is 0.686. The van der Waals surface area contributed by atoms with Gasteiger partial charge in [-0.25, -0.2) is 8.42 Å². The first-order chi connectivity index (χ1) is 9.26. The zero-order chi connectivity index (χ0) is 15.3. The Hall–Kier alpha value is -0.960. The van der Waals surface area contributed by atoms with Gasteiger partial charge in [-0.2, -0.15) is 4.72 Å². The van der Waals surface area contributed by atoms with E-state index in [1.165, 1.54) is 13.0 Å². The van der Waals surface area contributed by atoms with Gasteiger partial charge in [0.1, 0.15) is 4.21 Å². The number of thiophene rings is 1. The first-order valence-corrected chi connectivity index (χ1v) is 8.65. The number of rotatable bonds is 7. The summed E-state index contributed by atoms with van der Waals surface area (Å²) in [5, 5.41) is 2.69. The molecule has 1 rings (SSSR count). The maximum absolute atomic E-state index is 12.1. The van der Waals surface area contributed by atoms with Crippen molar-refractivity contribution in [2.75, 3.05) is 6.54 Å². The Kier molecular flexibility index (Phi) is 6.12. The Morgan fingerprint density at radius 3 is 2.50 bits per heavy atom. The van der Waals surface area contributed by atoms with Gasteiger partial charge >= 0.3 is 0 Å². The molecule has 4 N–H and O–H groups in total.